The van der Waals surface area contributed by atoms with Crippen LogP contribution < -0.4 is 10.9 Å². The number of thiophene rings is 1. The van der Waals surface area contributed by atoms with Gasteiger partial charge in [-0.15, -0.1) is 11.3 Å². The van der Waals surface area contributed by atoms with Crippen LogP contribution in [0.5, 0.6) is 0 Å². The van der Waals surface area contributed by atoms with E-state index in [1.165, 1.54) is 22.2 Å². The Kier molecular flexibility index (Phi) is 3.93. The van der Waals surface area contributed by atoms with Crippen molar-refractivity contribution in [3.63, 3.8) is 0 Å². The summed E-state index contributed by atoms with van der Waals surface area (Å²) in [6.45, 7) is 0.749. The second-order valence-corrected chi connectivity index (χ2v) is 8.44. The van der Waals surface area contributed by atoms with Gasteiger partial charge in [-0.2, -0.15) is 0 Å². The van der Waals surface area contributed by atoms with Crippen LogP contribution in [0.1, 0.15) is 36.1 Å². The number of nitrogens with one attached hydrogen (secondary N) is 1. The summed E-state index contributed by atoms with van der Waals surface area (Å²) in [7, 11) is 1.77. The van der Waals surface area contributed by atoms with Crippen LogP contribution in [0.25, 0.3) is 10.2 Å². The van der Waals surface area contributed by atoms with E-state index in [0.717, 1.165) is 55.3 Å². The fourth-order valence-electron chi connectivity index (χ4n) is 3.36. The molecule has 0 spiro atoms. The van der Waals surface area contributed by atoms with Crippen LogP contribution in [0.4, 0.5) is 0 Å². The summed E-state index contributed by atoms with van der Waals surface area (Å²) >= 11 is 3.08. The summed E-state index contributed by atoms with van der Waals surface area (Å²) in [5, 5.41) is 4.25. The number of nitrogens with zero attached hydrogens (tertiary/aromatic N) is 2. The Labute approximate surface area is 142 Å². The molecule has 4 rings (SSSR count). The zero-order valence-electron chi connectivity index (χ0n) is 13.1. The number of carbonyl (C=O) groups is 1. The van der Waals surface area contributed by atoms with Gasteiger partial charge in [0.05, 0.1) is 10.6 Å². The highest BCUT2D eigenvalue weighted by molar-refractivity contribution is 8.00. The van der Waals surface area contributed by atoms with Gasteiger partial charge in [0.2, 0.25) is 5.91 Å². The third-order valence-corrected chi connectivity index (χ3v) is 7.13. The number of aryl methyl sites for hydroxylation is 2. The second-order valence-electron chi connectivity index (χ2n) is 6.19. The van der Waals surface area contributed by atoms with Crippen molar-refractivity contribution in [3.8, 4) is 0 Å². The molecule has 23 heavy (non-hydrogen) atoms. The summed E-state index contributed by atoms with van der Waals surface area (Å²) in [5.74, 6) is 0.0653. The fourth-order valence-corrected chi connectivity index (χ4v) is 5.79. The average Bonchev–Trinajstić information content (AvgIpc) is 3.04. The van der Waals surface area contributed by atoms with E-state index in [1.54, 1.807) is 23.0 Å². The Bertz CT molecular complexity index is 840. The normalized spacial score (nSPS) is 21.3. The maximum Gasteiger partial charge on any atom is 0.262 e. The molecule has 1 fully saturated rings. The smallest absolute Gasteiger partial charge is 0.262 e. The maximum absolute atomic E-state index is 12.8. The molecule has 1 amide bonds. The highest BCUT2D eigenvalue weighted by atomic mass is 32.2. The maximum atomic E-state index is 12.8. The van der Waals surface area contributed by atoms with E-state index in [2.05, 4.69) is 5.32 Å². The van der Waals surface area contributed by atoms with Crippen molar-refractivity contribution < 1.29 is 4.79 Å². The van der Waals surface area contributed by atoms with Crippen LogP contribution >= 0.6 is 23.1 Å². The molecule has 0 unspecified atom stereocenters. The molecule has 7 heteroatoms. The van der Waals surface area contributed by atoms with Crippen LogP contribution in [0, 0.1) is 0 Å². The molecule has 2 aromatic heterocycles. The first-order valence-corrected chi connectivity index (χ1v) is 9.80. The van der Waals surface area contributed by atoms with Crippen molar-refractivity contribution in [3.05, 3.63) is 20.8 Å². The van der Waals surface area contributed by atoms with Crippen molar-refractivity contribution >= 4 is 39.2 Å². The molecule has 0 bridgehead atoms. The molecule has 0 saturated carbocycles. The summed E-state index contributed by atoms with van der Waals surface area (Å²) in [6, 6.07) is 0. The van der Waals surface area contributed by atoms with Crippen LogP contribution in [-0.4, -0.2) is 27.3 Å². The third kappa shape index (κ3) is 2.59. The zero-order chi connectivity index (χ0) is 16.0. The Morgan fingerprint density at radius 1 is 1.26 bits per heavy atom. The van der Waals surface area contributed by atoms with Crippen molar-refractivity contribution in [1.82, 2.24) is 14.9 Å². The number of hydrogen-bond donors (Lipinski definition) is 1. The number of fused-ring (bicyclic) bond motifs is 3. The molecule has 0 aromatic carbocycles. The molecule has 122 valence electrons. The number of rotatable bonds is 2. The Morgan fingerprint density at radius 2 is 2.13 bits per heavy atom. The van der Waals surface area contributed by atoms with E-state index in [9.17, 15) is 9.59 Å². The minimum absolute atomic E-state index is 0.0333. The monoisotopic (exact) mass is 349 g/mol. The molecule has 1 aliphatic heterocycles. The van der Waals surface area contributed by atoms with E-state index >= 15 is 0 Å². The molecular weight excluding hydrogens is 330 g/mol. The van der Waals surface area contributed by atoms with Gasteiger partial charge in [-0.1, -0.05) is 18.2 Å². The number of amides is 1. The molecule has 2 aliphatic rings. The van der Waals surface area contributed by atoms with Crippen LogP contribution in [0.2, 0.25) is 0 Å². The predicted octanol–water partition coefficient (Wildman–Crippen LogP) is 2.24. The molecule has 1 aliphatic carbocycles. The summed E-state index contributed by atoms with van der Waals surface area (Å²) < 4.78 is 1.62. The van der Waals surface area contributed by atoms with Gasteiger partial charge in [0.1, 0.15) is 4.83 Å². The van der Waals surface area contributed by atoms with Crippen LogP contribution in [0.15, 0.2) is 9.95 Å². The zero-order valence-corrected chi connectivity index (χ0v) is 14.7. The minimum atomic E-state index is -0.153. The topological polar surface area (TPSA) is 64.0 Å². The van der Waals surface area contributed by atoms with Crippen molar-refractivity contribution in [2.45, 2.75) is 48.9 Å². The van der Waals surface area contributed by atoms with Gasteiger partial charge in [-0.25, -0.2) is 4.98 Å². The van der Waals surface area contributed by atoms with Gasteiger partial charge < -0.3 is 5.32 Å². The number of hydrogen-bond acceptors (Lipinski definition) is 5. The molecule has 1 atom stereocenters. The van der Waals surface area contributed by atoms with E-state index in [1.807, 2.05) is 0 Å². The van der Waals surface area contributed by atoms with E-state index in [4.69, 9.17) is 4.98 Å². The van der Waals surface area contributed by atoms with Crippen molar-refractivity contribution in [2.75, 3.05) is 6.54 Å². The number of thioether (sulfide) groups is 1. The van der Waals surface area contributed by atoms with Crippen LogP contribution in [0.3, 0.4) is 0 Å². The fraction of sp³-hybridized carbons (Fsp3) is 0.562. The average molecular weight is 349 g/mol. The minimum Gasteiger partial charge on any atom is -0.355 e. The lowest BCUT2D eigenvalue weighted by atomic mass is 10.2. The Balaban J connectivity index is 1.74. The lowest BCUT2D eigenvalue weighted by molar-refractivity contribution is -0.120. The Hall–Kier alpha value is -1.34. The highest BCUT2D eigenvalue weighted by Crippen LogP contribution is 2.36. The third-order valence-electron chi connectivity index (χ3n) is 4.64. The first kappa shape index (κ1) is 15.2. The van der Waals surface area contributed by atoms with Gasteiger partial charge >= 0.3 is 0 Å². The molecule has 1 N–H and O–H groups in total. The van der Waals surface area contributed by atoms with E-state index in [0.29, 0.717) is 5.16 Å². The molecule has 0 radical (unpaired) electrons. The lowest BCUT2D eigenvalue weighted by Gasteiger charge is -2.14. The predicted molar refractivity (Wildman–Crippen MR) is 93.4 cm³/mol. The molecule has 3 heterocycles. The number of aromatic nitrogens is 2. The summed E-state index contributed by atoms with van der Waals surface area (Å²) in [4.78, 5) is 31.8. The van der Waals surface area contributed by atoms with Gasteiger partial charge in [-0.3, -0.25) is 14.2 Å². The molecular formula is C16H19N3O2S2. The number of carbonyl (C=O) groups excluding carboxylic acids is 1. The quantitative estimate of drug-likeness (QED) is 0.845. The second kappa shape index (κ2) is 5.94. The van der Waals surface area contributed by atoms with E-state index in [-0.39, 0.29) is 16.7 Å². The van der Waals surface area contributed by atoms with Gasteiger partial charge in [0.25, 0.3) is 5.56 Å². The van der Waals surface area contributed by atoms with Gasteiger partial charge in [-0.05, 0) is 37.7 Å². The van der Waals surface area contributed by atoms with Crippen molar-refractivity contribution in [1.29, 1.82) is 0 Å². The lowest BCUT2D eigenvalue weighted by Crippen LogP contribution is -2.31. The standard InChI is InChI=1S/C16H19N3O2S2/c1-19-15(21)12-9-5-4-7-10(9)22-14(12)18-16(19)23-11-6-2-3-8-17-13(11)20/h11H,2-8H2,1H3,(H,17,20)/t11-/m0/s1. The Morgan fingerprint density at radius 3 is 3.00 bits per heavy atom. The highest BCUT2D eigenvalue weighted by Gasteiger charge is 2.26. The van der Waals surface area contributed by atoms with Gasteiger partial charge in [0, 0.05) is 18.5 Å². The largest absolute Gasteiger partial charge is 0.355 e. The summed E-state index contributed by atoms with van der Waals surface area (Å²) in [6.07, 6.45) is 6.08. The first-order chi connectivity index (χ1) is 11.1. The van der Waals surface area contributed by atoms with E-state index < -0.39 is 0 Å². The molecule has 1 saturated heterocycles. The SMILES string of the molecule is Cn1c(S[C@H]2CCCCNC2=O)nc2sc3c(c2c1=O)CCC3. The first-order valence-electron chi connectivity index (χ1n) is 8.11. The molecule has 5 nitrogen and oxygen atoms in total. The molecule has 2 aromatic rings. The summed E-state index contributed by atoms with van der Waals surface area (Å²) in [5.41, 5.74) is 1.24. The van der Waals surface area contributed by atoms with Gasteiger partial charge in [0.15, 0.2) is 5.16 Å². The van der Waals surface area contributed by atoms with Crippen molar-refractivity contribution in [2.24, 2.45) is 7.05 Å². The van der Waals surface area contributed by atoms with Crippen LogP contribution in [-0.2, 0) is 24.7 Å².